The van der Waals surface area contributed by atoms with Crippen molar-refractivity contribution in [3.05, 3.63) is 130 Å². The number of aromatic nitrogens is 4. The number of imidazole rings is 1. The lowest BCUT2D eigenvalue weighted by atomic mass is 9.59. The van der Waals surface area contributed by atoms with Crippen LogP contribution in [-0.2, 0) is 23.0 Å². The SMILES string of the molecule is CCCc1nc2[nH]cc(F)c2cc1Oc1cc(N2CCC3(CC2)CC(N2CCN(Cc4ccc(OC)c5oc(C)cc45)C[C@H]2c2ccccc2C(C)C)C3)ccc1C(=O)NS(=O)(=O)c1cc(C2CC2)c(NC[C@H]2CC[C@](C)(O)CC2)c2[nH]cnc12. The first-order valence-corrected chi connectivity index (χ1v) is 32.3. The molecule has 0 bridgehead atoms. The summed E-state index contributed by atoms with van der Waals surface area (Å²) >= 11 is 0. The number of piperidine rings is 1. The molecule has 1 atom stereocenters. The van der Waals surface area contributed by atoms with Crippen LogP contribution in [0.4, 0.5) is 15.8 Å². The van der Waals surface area contributed by atoms with Crippen molar-refractivity contribution >= 4 is 60.3 Å². The number of fused-ring (bicyclic) bond motifs is 3. The number of amides is 1. The molecule has 448 valence electrons. The molecule has 0 radical (unpaired) electrons. The van der Waals surface area contributed by atoms with Gasteiger partial charge >= 0.3 is 0 Å². The van der Waals surface area contributed by atoms with Gasteiger partial charge in [0.1, 0.15) is 39.1 Å². The van der Waals surface area contributed by atoms with E-state index >= 15 is 4.39 Å². The largest absolute Gasteiger partial charge is 0.493 e. The molecule has 3 aliphatic carbocycles. The van der Waals surface area contributed by atoms with Gasteiger partial charge in [0.2, 0.25) is 0 Å². The number of ether oxygens (including phenoxy) is 2. The summed E-state index contributed by atoms with van der Waals surface area (Å²) in [5, 5.41) is 15.6. The molecule has 18 heteroatoms. The molecule has 2 aliphatic heterocycles. The number of aliphatic hydroxyl groups is 1. The summed E-state index contributed by atoms with van der Waals surface area (Å²) in [5.74, 6) is 1.61. The second kappa shape index (κ2) is 22.7. The van der Waals surface area contributed by atoms with Gasteiger partial charge in [-0.15, -0.1) is 0 Å². The monoisotopic (exact) mass is 1170 g/mol. The number of aromatic amines is 2. The van der Waals surface area contributed by atoms with Crippen LogP contribution in [0.3, 0.4) is 0 Å². The summed E-state index contributed by atoms with van der Waals surface area (Å²) in [6.45, 7) is 16.5. The summed E-state index contributed by atoms with van der Waals surface area (Å²) < 4.78 is 65.6. The lowest BCUT2D eigenvalue weighted by Crippen LogP contribution is -2.60. The van der Waals surface area contributed by atoms with E-state index in [4.69, 9.17) is 18.9 Å². The maximum absolute atomic E-state index is 15.2. The fraction of sp³-hybridized carbons (Fsp3) is 0.478. The first kappa shape index (κ1) is 57.1. The maximum Gasteiger partial charge on any atom is 0.268 e. The topological polar surface area (TPSA) is 194 Å². The lowest BCUT2D eigenvalue weighted by Gasteiger charge is -2.58. The van der Waals surface area contributed by atoms with E-state index in [1.54, 1.807) is 25.3 Å². The fourth-order valence-electron chi connectivity index (χ4n) is 14.5. The highest BCUT2D eigenvalue weighted by atomic mass is 32.2. The van der Waals surface area contributed by atoms with E-state index in [0.717, 1.165) is 149 Å². The zero-order valence-corrected chi connectivity index (χ0v) is 50.6. The molecule has 5 fully saturated rings. The van der Waals surface area contributed by atoms with E-state index in [9.17, 15) is 18.3 Å². The molecule has 5 aliphatic rings. The van der Waals surface area contributed by atoms with Crippen molar-refractivity contribution in [3.63, 3.8) is 0 Å². The third-order valence-electron chi connectivity index (χ3n) is 19.5. The number of hydrogen-bond donors (Lipinski definition) is 5. The number of benzene rings is 4. The Kier molecular flexibility index (Phi) is 15.2. The first-order chi connectivity index (χ1) is 41.0. The Morgan fingerprint density at radius 3 is 2.46 bits per heavy atom. The molecule has 5 N–H and O–H groups in total. The Morgan fingerprint density at radius 2 is 1.71 bits per heavy atom. The molecular weight excluding hydrogens is 1090 g/mol. The molecule has 8 aromatic rings. The molecule has 4 aromatic heterocycles. The molecule has 6 heterocycles. The number of hydrogen-bond acceptors (Lipinski definition) is 13. The standard InChI is InChI=1S/C67H80FN9O7S/c1-7-10-54-58(31-52-53(68)36-70-64(52)73-54)84-57-30-45(16-17-49(57)65(78)74-85(80,81)59-32-50(43-13-14-43)60(62-61(59)71-39-72-62)69-35-42-19-21-66(5,79)22-20-42)76-25-23-67(24-26-76)33-46(34-67)77-28-27-75(38-55(77)48-12-9-8-11-47(48)40(2)3)37-44-15-18-56(82-6)63-51(44)29-41(4)83-63/h8-9,11-12,15-18,29-32,36,39-40,42-43,46,55,69,79H,7,10,13-14,19-28,33-35,37-38H2,1-6H3,(H,70,73)(H,71,72)(H,74,78)/t42-,55-,66-/m0/s1. The van der Waals surface area contributed by atoms with E-state index in [0.29, 0.717) is 47.7 Å². The molecular formula is C67H80FN9O7S. The predicted molar refractivity (Wildman–Crippen MR) is 330 cm³/mol. The van der Waals surface area contributed by atoms with Crippen LogP contribution in [0.5, 0.6) is 17.2 Å². The quantitative estimate of drug-likeness (QED) is 0.0545. The highest BCUT2D eigenvalue weighted by Gasteiger charge is 2.50. The number of pyridine rings is 1. The normalized spacial score (nSPS) is 21.5. The van der Waals surface area contributed by atoms with Crippen molar-refractivity contribution in [2.75, 3.05) is 56.6 Å². The van der Waals surface area contributed by atoms with Crippen molar-refractivity contribution in [2.24, 2.45) is 11.3 Å². The molecule has 1 spiro atoms. The van der Waals surface area contributed by atoms with Gasteiger partial charge in [-0.3, -0.25) is 14.6 Å². The average Bonchev–Trinajstić information content (AvgIpc) is 3.21. The van der Waals surface area contributed by atoms with Gasteiger partial charge in [0.05, 0.1) is 46.9 Å². The smallest absolute Gasteiger partial charge is 0.268 e. The molecule has 4 aromatic carbocycles. The summed E-state index contributed by atoms with van der Waals surface area (Å²) in [6, 6.07) is 24.7. The van der Waals surface area contributed by atoms with E-state index < -0.39 is 27.3 Å². The van der Waals surface area contributed by atoms with Crippen molar-refractivity contribution in [1.82, 2.24) is 34.5 Å². The van der Waals surface area contributed by atoms with Crippen molar-refractivity contribution in [3.8, 4) is 17.2 Å². The van der Waals surface area contributed by atoms with Gasteiger partial charge in [-0.05, 0) is 166 Å². The van der Waals surface area contributed by atoms with Gasteiger partial charge in [0.25, 0.3) is 15.9 Å². The molecule has 3 saturated carbocycles. The van der Waals surface area contributed by atoms with E-state index in [-0.39, 0.29) is 50.2 Å². The van der Waals surface area contributed by atoms with Gasteiger partial charge in [-0.1, -0.05) is 57.5 Å². The van der Waals surface area contributed by atoms with Gasteiger partial charge in [0.15, 0.2) is 11.3 Å². The fourth-order valence-corrected chi connectivity index (χ4v) is 15.7. The minimum absolute atomic E-state index is 0.00714. The van der Waals surface area contributed by atoms with Crippen molar-refractivity contribution < 1.29 is 36.6 Å². The van der Waals surface area contributed by atoms with Crippen LogP contribution in [-0.4, -0.2) is 107 Å². The second-order valence-electron chi connectivity index (χ2n) is 25.8. The lowest BCUT2D eigenvalue weighted by molar-refractivity contribution is -0.0627. The Morgan fingerprint density at radius 1 is 0.918 bits per heavy atom. The van der Waals surface area contributed by atoms with E-state index in [2.05, 4.69) is 89.9 Å². The Hall–Kier alpha value is -6.99. The first-order valence-electron chi connectivity index (χ1n) is 30.9. The number of H-pyrrole nitrogens is 2. The van der Waals surface area contributed by atoms with Gasteiger partial charge in [-0.25, -0.2) is 27.5 Å². The third-order valence-corrected chi connectivity index (χ3v) is 20.9. The number of piperazine rings is 1. The van der Waals surface area contributed by atoms with Crippen LogP contribution in [0, 0.1) is 24.1 Å². The number of nitrogens with zero attached hydrogens (tertiary/aromatic N) is 5. The summed E-state index contributed by atoms with van der Waals surface area (Å²) in [4.78, 5) is 37.8. The number of rotatable bonds is 18. The highest BCUT2D eigenvalue weighted by molar-refractivity contribution is 7.90. The number of methoxy groups -OCH3 is 1. The second-order valence-corrected chi connectivity index (χ2v) is 27.5. The number of halogens is 1. The van der Waals surface area contributed by atoms with Crippen LogP contribution < -0.4 is 24.4 Å². The number of sulfonamides is 1. The van der Waals surface area contributed by atoms with E-state index in [1.165, 1.54) is 29.2 Å². The minimum atomic E-state index is -4.52. The average molecular weight is 1170 g/mol. The van der Waals surface area contributed by atoms with Crippen LogP contribution in [0.25, 0.3) is 33.0 Å². The Bertz CT molecular complexity index is 3920. The number of carbonyl (C=O) groups excluding carboxylic acids is 1. The molecule has 13 rings (SSSR count). The van der Waals surface area contributed by atoms with E-state index in [1.807, 2.05) is 39.0 Å². The number of anilines is 2. The van der Waals surface area contributed by atoms with Crippen LogP contribution in [0.15, 0.2) is 94.6 Å². The number of nitrogens with one attached hydrogen (secondary N) is 4. The molecule has 2 saturated heterocycles. The van der Waals surface area contributed by atoms with Crippen LogP contribution >= 0.6 is 0 Å². The summed E-state index contributed by atoms with van der Waals surface area (Å²) in [7, 11) is -2.82. The van der Waals surface area contributed by atoms with Crippen LogP contribution in [0.2, 0.25) is 0 Å². The van der Waals surface area contributed by atoms with Gasteiger partial charge in [0, 0.05) is 81.2 Å². The van der Waals surface area contributed by atoms with Crippen LogP contribution in [0.1, 0.15) is 160 Å². The van der Waals surface area contributed by atoms with Crippen molar-refractivity contribution in [1.29, 1.82) is 0 Å². The van der Waals surface area contributed by atoms with Crippen molar-refractivity contribution in [2.45, 2.75) is 153 Å². The highest BCUT2D eigenvalue weighted by Crippen LogP contribution is 2.54. The Labute approximate surface area is 497 Å². The van der Waals surface area contributed by atoms with Gasteiger partial charge in [-0.2, -0.15) is 0 Å². The molecule has 0 unspecified atom stereocenters. The molecule has 1 amide bonds. The summed E-state index contributed by atoms with van der Waals surface area (Å²) in [6.07, 6.45) is 13.3. The van der Waals surface area contributed by atoms with Gasteiger partial charge < -0.3 is 39.2 Å². The number of aryl methyl sites for hydroxylation is 2. The summed E-state index contributed by atoms with van der Waals surface area (Å²) in [5.41, 5.74) is 8.75. The predicted octanol–water partition coefficient (Wildman–Crippen LogP) is 13.2. The Balaban J connectivity index is 0.744. The zero-order chi connectivity index (χ0) is 58.9. The zero-order valence-electron chi connectivity index (χ0n) is 49.8. The molecule has 16 nitrogen and oxygen atoms in total. The number of carbonyl (C=O) groups is 1. The molecule has 85 heavy (non-hydrogen) atoms. The minimum Gasteiger partial charge on any atom is -0.493 e. The number of furan rings is 1. The maximum atomic E-state index is 15.2. The third kappa shape index (κ3) is 11.3.